The van der Waals surface area contributed by atoms with E-state index in [9.17, 15) is 19.7 Å². The zero-order chi connectivity index (χ0) is 15.8. The van der Waals surface area contributed by atoms with Crippen molar-refractivity contribution in [2.45, 2.75) is 45.4 Å². The zero-order valence-electron chi connectivity index (χ0n) is 12.0. The minimum atomic E-state index is -1.21. The van der Waals surface area contributed by atoms with Crippen LogP contribution in [-0.2, 0) is 0 Å². The van der Waals surface area contributed by atoms with Crippen molar-refractivity contribution in [2.24, 2.45) is 0 Å². The first-order valence-corrected chi connectivity index (χ1v) is 7.02. The first-order valence-electron chi connectivity index (χ1n) is 7.02. The number of carboxylic acid groups (broad SMARTS) is 1. The Labute approximate surface area is 122 Å². The zero-order valence-corrected chi connectivity index (χ0v) is 12.0. The van der Waals surface area contributed by atoms with Gasteiger partial charge in [0.2, 0.25) is 0 Å². The van der Waals surface area contributed by atoms with Gasteiger partial charge in [-0.15, -0.1) is 0 Å². The maximum atomic E-state index is 12.1. The lowest BCUT2D eigenvalue weighted by Gasteiger charge is -2.04. The highest BCUT2D eigenvalue weighted by Crippen LogP contribution is 2.22. The van der Waals surface area contributed by atoms with Gasteiger partial charge in [-0.2, -0.15) is 0 Å². The number of Topliss-reactive ketones (excluding diaryl/α,β-unsaturated/α-hetero) is 1. The molecule has 1 aromatic carbocycles. The number of carboxylic acids is 1. The summed E-state index contributed by atoms with van der Waals surface area (Å²) in [6.45, 7) is 2.09. The van der Waals surface area contributed by atoms with E-state index in [1.165, 1.54) is 0 Å². The number of carbonyl (C=O) groups is 2. The van der Waals surface area contributed by atoms with Crippen molar-refractivity contribution in [1.29, 1.82) is 0 Å². The number of hydrogen-bond donors (Lipinski definition) is 1. The Morgan fingerprint density at radius 1 is 1.19 bits per heavy atom. The van der Waals surface area contributed by atoms with Crippen molar-refractivity contribution < 1.29 is 19.6 Å². The van der Waals surface area contributed by atoms with Crippen LogP contribution in [0.25, 0.3) is 0 Å². The third-order valence-electron chi connectivity index (χ3n) is 3.25. The van der Waals surface area contributed by atoms with Gasteiger partial charge in [0.1, 0.15) is 0 Å². The predicted octanol–water partition coefficient (Wildman–Crippen LogP) is 3.84. The van der Waals surface area contributed by atoms with Gasteiger partial charge in [-0.3, -0.25) is 14.9 Å². The smallest absolute Gasteiger partial charge is 0.335 e. The van der Waals surface area contributed by atoms with Crippen molar-refractivity contribution in [2.75, 3.05) is 0 Å². The van der Waals surface area contributed by atoms with Crippen LogP contribution in [-0.4, -0.2) is 21.8 Å². The van der Waals surface area contributed by atoms with E-state index in [1.807, 2.05) is 0 Å². The van der Waals surface area contributed by atoms with Crippen molar-refractivity contribution in [1.82, 2.24) is 0 Å². The fourth-order valence-corrected chi connectivity index (χ4v) is 2.08. The molecule has 0 amide bonds. The van der Waals surface area contributed by atoms with Gasteiger partial charge in [0.05, 0.1) is 16.1 Å². The molecule has 0 fully saturated rings. The van der Waals surface area contributed by atoms with E-state index in [0.29, 0.717) is 6.42 Å². The number of nitro groups is 1. The highest BCUT2D eigenvalue weighted by Gasteiger charge is 2.21. The van der Waals surface area contributed by atoms with E-state index in [4.69, 9.17) is 5.11 Å². The monoisotopic (exact) mass is 293 g/mol. The molecular weight excluding hydrogens is 274 g/mol. The lowest BCUT2D eigenvalue weighted by atomic mass is 10.00. The molecular formula is C15H19NO5. The van der Waals surface area contributed by atoms with Crippen LogP contribution < -0.4 is 0 Å². The van der Waals surface area contributed by atoms with Crippen molar-refractivity contribution in [3.8, 4) is 0 Å². The molecule has 0 saturated carbocycles. The van der Waals surface area contributed by atoms with Gasteiger partial charge in [0.15, 0.2) is 5.78 Å². The SMILES string of the molecule is CCCCCCCC(=O)c1cc(C(=O)O)ccc1[N+](=O)[O-]. The largest absolute Gasteiger partial charge is 0.478 e. The summed E-state index contributed by atoms with van der Waals surface area (Å²) in [5.41, 5.74) is -0.566. The van der Waals surface area contributed by atoms with Crippen LogP contribution >= 0.6 is 0 Å². The Bertz CT molecular complexity index is 539. The Hall–Kier alpha value is -2.24. The number of benzene rings is 1. The summed E-state index contributed by atoms with van der Waals surface area (Å²) in [5.74, 6) is -1.58. The molecule has 0 bridgehead atoms. The predicted molar refractivity (Wildman–Crippen MR) is 77.8 cm³/mol. The number of hydrogen-bond acceptors (Lipinski definition) is 4. The summed E-state index contributed by atoms with van der Waals surface area (Å²) >= 11 is 0. The maximum absolute atomic E-state index is 12.1. The van der Waals surface area contributed by atoms with Crippen LogP contribution in [0.3, 0.4) is 0 Å². The summed E-state index contributed by atoms with van der Waals surface area (Å²) in [7, 11) is 0. The van der Waals surface area contributed by atoms with Crippen LogP contribution in [0, 0.1) is 10.1 Å². The fourth-order valence-electron chi connectivity index (χ4n) is 2.08. The minimum Gasteiger partial charge on any atom is -0.478 e. The van der Waals surface area contributed by atoms with E-state index in [1.54, 1.807) is 0 Å². The Morgan fingerprint density at radius 3 is 2.43 bits per heavy atom. The lowest BCUT2D eigenvalue weighted by Crippen LogP contribution is -2.07. The van der Waals surface area contributed by atoms with Crippen LogP contribution in [0.4, 0.5) is 5.69 Å². The second kappa shape index (κ2) is 8.14. The van der Waals surface area contributed by atoms with Crippen molar-refractivity contribution in [3.63, 3.8) is 0 Å². The number of rotatable bonds is 9. The van der Waals surface area contributed by atoms with E-state index in [0.717, 1.165) is 43.9 Å². The quantitative estimate of drug-likeness (QED) is 0.323. The molecule has 6 nitrogen and oxygen atoms in total. The van der Waals surface area contributed by atoms with Gasteiger partial charge in [0.25, 0.3) is 5.69 Å². The molecule has 0 aliphatic carbocycles. The summed E-state index contributed by atoms with van der Waals surface area (Å²) < 4.78 is 0. The van der Waals surface area contributed by atoms with E-state index in [-0.39, 0.29) is 29.0 Å². The number of ketones is 1. The highest BCUT2D eigenvalue weighted by atomic mass is 16.6. The molecule has 21 heavy (non-hydrogen) atoms. The van der Waals surface area contributed by atoms with Crippen LogP contribution in [0.1, 0.15) is 66.2 Å². The average Bonchev–Trinajstić information content (AvgIpc) is 2.46. The Morgan fingerprint density at radius 2 is 1.86 bits per heavy atom. The van der Waals surface area contributed by atoms with Crippen molar-refractivity contribution in [3.05, 3.63) is 39.4 Å². The number of aromatic carboxylic acids is 1. The van der Waals surface area contributed by atoms with Gasteiger partial charge in [0, 0.05) is 12.5 Å². The number of unbranched alkanes of at least 4 members (excludes halogenated alkanes) is 4. The highest BCUT2D eigenvalue weighted by molar-refractivity contribution is 6.02. The van der Waals surface area contributed by atoms with Crippen LogP contribution in [0.5, 0.6) is 0 Å². The molecule has 0 spiro atoms. The van der Waals surface area contributed by atoms with Gasteiger partial charge in [-0.1, -0.05) is 32.6 Å². The molecule has 0 unspecified atom stereocenters. The molecule has 0 atom stereocenters. The van der Waals surface area contributed by atoms with Crippen LogP contribution in [0.15, 0.2) is 18.2 Å². The summed E-state index contributed by atoms with van der Waals surface area (Å²) in [4.78, 5) is 33.3. The molecule has 0 radical (unpaired) electrons. The second-order valence-electron chi connectivity index (χ2n) is 4.88. The number of nitro benzene ring substituents is 1. The first kappa shape index (κ1) is 16.8. The average molecular weight is 293 g/mol. The summed E-state index contributed by atoms with van der Waals surface area (Å²) in [5, 5.41) is 19.8. The van der Waals surface area contributed by atoms with Gasteiger partial charge >= 0.3 is 5.97 Å². The van der Waals surface area contributed by atoms with Gasteiger partial charge < -0.3 is 5.11 Å². The minimum absolute atomic E-state index is 0.115. The van der Waals surface area contributed by atoms with E-state index in [2.05, 4.69) is 6.92 Å². The molecule has 0 heterocycles. The topological polar surface area (TPSA) is 97.5 Å². The standard InChI is InChI=1S/C15H19NO5/c1-2-3-4-5-6-7-14(17)12-10-11(15(18)19)8-9-13(12)16(20)21/h8-10H,2-7H2,1H3,(H,18,19). The first-order chi connectivity index (χ1) is 9.97. The number of nitrogens with zero attached hydrogens (tertiary/aromatic N) is 1. The fraction of sp³-hybridized carbons (Fsp3) is 0.467. The summed E-state index contributed by atoms with van der Waals surface area (Å²) in [6.07, 6.45) is 4.98. The van der Waals surface area contributed by atoms with Gasteiger partial charge in [-0.05, 0) is 18.6 Å². The molecule has 6 heteroatoms. The molecule has 0 aliphatic heterocycles. The normalized spacial score (nSPS) is 10.3. The molecule has 114 valence electrons. The third-order valence-corrected chi connectivity index (χ3v) is 3.25. The van der Waals surface area contributed by atoms with E-state index >= 15 is 0 Å². The maximum Gasteiger partial charge on any atom is 0.335 e. The molecule has 0 aliphatic rings. The molecule has 1 rings (SSSR count). The van der Waals surface area contributed by atoms with Crippen LogP contribution in [0.2, 0.25) is 0 Å². The Balaban J connectivity index is 2.82. The third kappa shape index (κ3) is 4.98. The molecule has 1 aromatic rings. The molecule has 0 saturated heterocycles. The number of carbonyl (C=O) groups excluding carboxylic acids is 1. The molecule has 1 N–H and O–H groups in total. The summed E-state index contributed by atoms with van der Waals surface area (Å²) in [6, 6.07) is 3.31. The Kier molecular flexibility index (Phi) is 6.52. The van der Waals surface area contributed by atoms with Gasteiger partial charge in [-0.25, -0.2) is 4.79 Å². The second-order valence-corrected chi connectivity index (χ2v) is 4.88. The van der Waals surface area contributed by atoms with Crippen molar-refractivity contribution >= 4 is 17.4 Å². The van der Waals surface area contributed by atoms with E-state index < -0.39 is 10.9 Å². The lowest BCUT2D eigenvalue weighted by molar-refractivity contribution is -0.385. The molecule has 0 aromatic heterocycles.